The van der Waals surface area contributed by atoms with Crippen molar-refractivity contribution in [3.63, 3.8) is 0 Å². The number of esters is 1. The predicted octanol–water partition coefficient (Wildman–Crippen LogP) is 7.19. The van der Waals surface area contributed by atoms with Gasteiger partial charge in [0, 0.05) is 11.6 Å². The second kappa shape index (κ2) is 10.4. The van der Waals surface area contributed by atoms with Gasteiger partial charge in [0.25, 0.3) is 0 Å². The van der Waals surface area contributed by atoms with Crippen molar-refractivity contribution < 1.29 is 19.4 Å². The highest BCUT2D eigenvalue weighted by molar-refractivity contribution is 6.33. The number of carbonyl (C=O) groups is 1. The van der Waals surface area contributed by atoms with Gasteiger partial charge in [0.1, 0.15) is 6.10 Å². The lowest BCUT2D eigenvalue weighted by Gasteiger charge is -2.44. The monoisotopic (exact) mass is 532 g/mol. The number of aromatic amines is 1. The molecule has 0 saturated heterocycles. The second-order valence-corrected chi connectivity index (χ2v) is 10.9. The number of aromatic nitrogens is 2. The van der Waals surface area contributed by atoms with Crippen LogP contribution in [0.4, 0.5) is 0 Å². The molecule has 6 nitrogen and oxygen atoms in total. The number of carbonyl (C=O) groups excluding carboxylic acids is 1. The zero-order chi connectivity index (χ0) is 26.9. The van der Waals surface area contributed by atoms with Gasteiger partial charge < -0.3 is 19.6 Å². The van der Waals surface area contributed by atoms with E-state index < -0.39 is 11.0 Å². The molecular weight excluding hydrogens is 500 g/mol. The van der Waals surface area contributed by atoms with E-state index in [9.17, 15) is 9.90 Å². The molecule has 7 heteroatoms. The summed E-state index contributed by atoms with van der Waals surface area (Å²) in [4.78, 5) is 20.5. The molecule has 0 spiro atoms. The van der Waals surface area contributed by atoms with E-state index in [1.165, 1.54) is 0 Å². The Hall–Kier alpha value is -3.35. The number of ether oxygens (including phenoxy) is 2. The molecule has 4 aromatic rings. The number of aliphatic hydroxyl groups is 1. The molecule has 2 aromatic heterocycles. The van der Waals surface area contributed by atoms with Crippen LogP contribution in [0, 0.1) is 5.41 Å². The highest BCUT2D eigenvalue weighted by Gasteiger charge is 2.51. The average Bonchev–Trinajstić information content (AvgIpc) is 3.31. The van der Waals surface area contributed by atoms with E-state index in [1.54, 1.807) is 20.8 Å². The zero-order valence-electron chi connectivity index (χ0n) is 22.0. The SMILES string of the molecule is CCOC(=O)C(C)(C)C1(O)CCC(Oc2cc3nc(-c4ccc(-c5ccccc5)cc4)c(Cl)cc3[nH]2)CC1. The van der Waals surface area contributed by atoms with Crippen LogP contribution in [0.5, 0.6) is 5.88 Å². The quantitative estimate of drug-likeness (QED) is 0.246. The first kappa shape index (κ1) is 26.3. The number of nitrogens with one attached hydrogen (secondary N) is 1. The number of benzene rings is 2. The molecule has 0 radical (unpaired) electrons. The second-order valence-electron chi connectivity index (χ2n) is 10.5. The smallest absolute Gasteiger partial charge is 0.314 e. The molecule has 0 unspecified atom stereocenters. The van der Waals surface area contributed by atoms with Crippen molar-refractivity contribution in [1.29, 1.82) is 0 Å². The first-order valence-corrected chi connectivity index (χ1v) is 13.5. The van der Waals surface area contributed by atoms with Gasteiger partial charge in [0.15, 0.2) is 5.88 Å². The molecule has 38 heavy (non-hydrogen) atoms. The summed E-state index contributed by atoms with van der Waals surface area (Å²) < 4.78 is 11.4. The number of H-pyrrole nitrogens is 1. The van der Waals surface area contributed by atoms with Crippen molar-refractivity contribution in [3.8, 4) is 28.3 Å². The van der Waals surface area contributed by atoms with E-state index in [2.05, 4.69) is 29.2 Å². The highest BCUT2D eigenvalue weighted by atomic mass is 35.5. The standard InChI is InChI=1S/C31H33ClN2O4/c1-4-37-29(35)30(2,3)31(36)16-14-23(15-17-31)38-27-19-26-25(33-27)18-24(32)28(34-26)22-12-10-21(11-13-22)20-8-6-5-7-9-20/h5-13,18-19,23,33,36H,4,14-17H2,1-3H3. The zero-order valence-corrected chi connectivity index (χ0v) is 22.7. The van der Waals surface area contributed by atoms with Crippen LogP contribution in [-0.2, 0) is 9.53 Å². The Balaban J connectivity index is 1.29. The summed E-state index contributed by atoms with van der Waals surface area (Å²) >= 11 is 6.63. The van der Waals surface area contributed by atoms with E-state index in [0.717, 1.165) is 27.7 Å². The number of halogens is 1. The summed E-state index contributed by atoms with van der Waals surface area (Å²) in [5.74, 6) is 0.242. The fourth-order valence-electron chi connectivity index (χ4n) is 5.22. The molecule has 1 aliphatic rings. The maximum absolute atomic E-state index is 12.4. The van der Waals surface area contributed by atoms with Gasteiger partial charge in [-0.2, -0.15) is 0 Å². The molecule has 1 fully saturated rings. The molecule has 1 saturated carbocycles. The predicted molar refractivity (Wildman–Crippen MR) is 150 cm³/mol. The third kappa shape index (κ3) is 5.03. The van der Waals surface area contributed by atoms with Crippen LogP contribution in [-0.4, -0.2) is 39.4 Å². The van der Waals surface area contributed by atoms with Crippen LogP contribution in [0.2, 0.25) is 5.02 Å². The van der Waals surface area contributed by atoms with Gasteiger partial charge in [-0.05, 0) is 63.6 Å². The molecule has 0 aliphatic heterocycles. The average molecular weight is 533 g/mol. The Bertz CT molecular complexity index is 1420. The highest BCUT2D eigenvalue weighted by Crippen LogP contribution is 2.44. The first-order chi connectivity index (χ1) is 18.2. The van der Waals surface area contributed by atoms with Gasteiger partial charge in [-0.25, -0.2) is 4.98 Å². The minimum Gasteiger partial charge on any atom is -0.476 e. The van der Waals surface area contributed by atoms with Crippen molar-refractivity contribution in [2.45, 2.75) is 58.2 Å². The number of nitrogens with zero attached hydrogens (tertiary/aromatic N) is 1. The van der Waals surface area contributed by atoms with Crippen LogP contribution in [0.15, 0.2) is 66.7 Å². The third-order valence-electron chi connectivity index (χ3n) is 7.80. The van der Waals surface area contributed by atoms with E-state index in [0.29, 0.717) is 48.9 Å². The van der Waals surface area contributed by atoms with E-state index in [-0.39, 0.29) is 12.1 Å². The molecule has 2 heterocycles. The Morgan fingerprint density at radius 2 is 1.68 bits per heavy atom. The van der Waals surface area contributed by atoms with E-state index in [4.69, 9.17) is 26.1 Å². The van der Waals surface area contributed by atoms with Crippen LogP contribution in [0.1, 0.15) is 46.5 Å². The minimum atomic E-state index is -1.13. The topological polar surface area (TPSA) is 84.4 Å². The van der Waals surface area contributed by atoms with Crippen LogP contribution in [0.25, 0.3) is 33.4 Å². The molecular formula is C31H33ClN2O4. The van der Waals surface area contributed by atoms with Gasteiger partial charge in [0.2, 0.25) is 0 Å². The summed E-state index contributed by atoms with van der Waals surface area (Å²) in [5.41, 5.74) is 3.41. The van der Waals surface area contributed by atoms with Crippen molar-refractivity contribution in [2.75, 3.05) is 6.61 Å². The number of rotatable bonds is 7. The third-order valence-corrected chi connectivity index (χ3v) is 8.09. The fourth-order valence-corrected chi connectivity index (χ4v) is 5.48. The number of pyridine rings is 1. The van der Waals surface area contributed by atoms with E-state index in [1.807, 2.05) is 42.5 Å². The number of hydrogen-bond acceptors (Lipinski definition) is 5. The molecule has 2 aromatic carbocycles. The van der Waals surface area contributed by atoms with Crippen molar-refractivity contribution in [2.24, 2.45) is 5.41 Å². The van der Waals surface area contributed by atoms with Crippen molar-refractivity contribution in [3.05, 3.63) is 71.8 Å². The van der Waals surface area contributed by atoms with Gasteiger partial charge in [-0.15, -0.1) is 0 Å². The summed E-state index contributed by atoms with van der Waals surface area (Å²) in [6.45, 7) is 5.58. The Kier molecular flexibility index (Phi) is 7.21. The Labute approximate surface area is 228 Å². The lowest BCUT2D eigenvalue weighted by atomic mass is 9.66. The van der Waals surface area contributed by atoms with Crippen molar-refractivity contribution >= 4 is 28.6 Å². The number of hydrogen-bond donors (Lipinski definition) is 2. The van der Waals surface area contributed by atoms with Crippen LogP contribution < -0.4 is 4.74 Å². The lowest BCUT2D eigenvalue weighted by molar-refractivity contribution is -0.177. The number of fused-ring (bicyclic) bond motifs is 1. The maximum atomic E-state index is 12.4. The van der Waals surface area contributed by atoms with Crippen LogP contribution in [0.3, 0.4) is 0 Å². The normalized spacial score (nSPS) is 19.9. The van der Waals surface area contributed by atoms with E-state index >= 15 is 0 Å². The molecule has 0 amide bonds. The summed E-state index contributed by atoms with van der Waals surface area (Å²) in [5, 5.41) is 11.8. The van der Waals surface area contributed by atoms with Crippen molar-refractivity contribution in [1.82, 2.24) is 9.97 Å². The summed E-state index contributed by atoms with van der Waals surface area (Å²) in [6.07, 6.45) is 2.08. The minimum absolute atomic E-state index is 0.0817. The lowest BCUT2D eigenvalue weighted by Crippen LogP contribution is -2.53. The van der Waals surface area contributed by atoms with Gasteiger partial charge in [-0.3, -0.25) is 4.79 Å². The molecule has 0 atom stereocenters. The van der Waals surface area contributed by atoms with Gasteiger partial charge >= 0.3 is 5.97 Å². The van der Waals surface area contributed by atoms with Crippen LogP contribution >= 0.6 is 11.6 Å². The molecule has 198 valence electrons. The summed E-state index contributed by atoms with van der Waals surface area (Å²) in [7, 11) is 0. The maximum Gasteiger partial charge on any atom is 0.314 e. The Morgan fingerprint density at radius 1 is 1.05 bits per heavy atom. The summed E-state index contributed by atoms with van der Waals surface area (Å²) in [6, 6.07) is 22.2. The molecule has 1 aliphatic carbocycles. The molecule has 0 bridgehead atoms. The molecule has 5 rings (SSSR count). The Morgan fingerprint density at radius 3 is 2.34 bits per heavy atom. The van der Waals surface area contributed by atoms with Gasteiger partial charge in [0.05, 0.1) is 39.4 Å². The largest absolute Gasteiger partial charge is 0.476 e. The van der Waals surface area contributed by atoms with Gasteiger partial charge in [-0.1, -0.05) is 66.2 Å². The fraction of sp³-hybridized carbons (Fsp3) is 0.355. The first-order valence-electron chi connectivity index (χ1n) is 13.1. The molecule has 2 N–H and O–H groups in total.